The second-order valence-electron chi connectivity index (χ2n) is 5.17. The summed E-state index contributed by atoms with van der Waals surface area (Å²) in [5.74, 6) is 2.44. The van der Waals surface area contributed by atoms with Crippen LogP contribution in [0.1, 0.15) is 36.0 Å². The minimum absolute atomic E-state index is 0.349. The van der Waals surface area contributed by atoms with Crippen molar-refractivity contribution in [3.8, 4) is 0 Å². The van der Waals surface area contributed by atoms with Gasteiger partial charge in [-0.2, -0.15) is 0 Å². The number of hydrogen-bond donors (Lipinski definition) is 2. The molecule has 5 nitrogen and oxygen atoms in total. The van der Waals surface area contributed by atoms with Crippen LogP contribution in [0.15, 0.2) is 24.4 Å². The van der Waals surface area contributed by atoms with Crippen molar-refractivity contribution in [2.24, 2.45) is 0 Å². The maximum atomic E-state index is 4.55. The number of nitrogens with zero attached hydrogens (tertiary/aromatic N) is 3. The summed E-state index contributed by atoms with van der Waals surface area (Å²) in [6, 6.07) is 6.33. The summed E-state index contributed by atoms with van der Waals surface area (Å²) < 4.78 is 0. The van der Waals surface area contributed by atoms with Gasteiger partial charge >= 0.3 is 0 Å². The Balaban J connectivity index is 1.88. The maximum absolute atomic E-state index is 4.55. The van der Waals surface area contributed by atoms with Crippen molar-refractivity contribution in [2.45, 2.75) is 32.7 Å². The molecule has 0 bridgehead atoms. The van der Waals surface area contributed by atoms with Crippen LogP contribution in [0, 0.1) is 13.8 Å². The lowest BCUT2D eigenvalue weighted by molar-refractivity contribution is 0.623. The molecule has 1 saturated heterocycles. The first-order valence-electron chi connectivity index (χ1n) is 7.00. The molecule has 1 atom stereocenters. The van der Waals surface area contributed by atoms with Gasteiger partial charge in [-0.05, 0) is 44.9 Å². The third-order valence-corrected chi connectivity index (χ3v) is 3.53. The Hall–Kier alpha value is -2.01. The van der Waals surface area contributed by atoms with Gasteiger partial charge in [0.15, 0.2) is 0 Å². The lowest BCUT2D eigenvalue weighted by Gasteiger charge is -2.13. The topological polar surface area (TPSA) is 62.7 Å². The molecule has 0 aromatic carbocycles. The monoisotopic (exact) mass is 269 g/mol. The molecule has 0 aliphatic carbocycles. The van der Waals surface area contributed by atoms with E-state index >= 15 is 0 Å². The summed E-state index contributed by atoms with van der Waals surface area (Å²) >= 11 is 0. The number of pyridine rings is 1. The van der Waals surface area contributed by atoms with Gasteiger partial charge in [-0.3, -0.25) is 0 Å². The zero-order chi connectivity index (χ0) is 13.9. The van der Waals surface area contributed by atoms with E-state index in [1.807, 2.05) is 32.0 Å². The summed E-state index contributed by atoms with van der Waals surface area (Å²) in [7, 11) is 0. The molecule has 3 rings (SSSR count). The molecule has 2 N–H and O–H groups in total. The van der Waals surface area contributed by atoms with Gasteiger partial charge in [0.25, 0.3) is 0 Å². The normalized spacial score (nSPS) is 18.2. The van der Waals surface area contributed by atoms with Crippen molar-refractivity contribution < 1.29 is 0 Å². The zero-order valence-electron chi connectivity index (χ0n) is 11.8. The molecule has 0 saturated carbocycles. The van der Waals surface area contributed by atoms with Gasteiger partial charge in [-0.15, -0.1) is 0 Å². The van der Waals surface area contributed by atoms with E-state index in [0.29, 0.717) is 6.04 Å². The van der Waals surface area contributed by atoms with Crippen LogP contribution < -0.4 is 10.6 Å². The van der Waals surface area contributed by atoms with Crippen molar-refractivity contribution in [1.82, 2.24) is 20.3 Å². The van der Waals surface area contributed by atoms with E-state index in [9.17, 15) is 0 Å². The van der Waals surface area contributed by atoms with E-state index in [1.54, 1.807) is 6.20 Å². The highest BCUT2D eigenvalue weighted by Gasteiger charge is 2.18. The fourth-order valence-electron chi connectivity index (χ4n) is 2.51. The molecule has 0 unspecified atom stereocenters. The molecule has 2 aromatic heterocycles. The molecular weight excluding hydrogens is 250 g/mol. The van der Waals surface area contributed by atoms with Gasteiger partial charge in [0.1, 0.15) is 17.5 Å². The van der Waals surface area contributed by atoms with Crippen LogP contribution in [-0.4, -0.2) is 21.5 Å². The van der Waals surface area contributed by atoms with Crippen molar-refractivity contribution in [1.29, 1.82) is 0 Å². The molecule has 0 spiro atoms. The van der Waals surface area contributed by atoms with Crippen molar-refractivity contribution in [3.63, 3.8) is 0 Å². The van der Waals surface area contributed by atoms with Crippen LogP contribution in [0.25, 0.3) is 0 Å². The fourth-order valence-corrected chi connectivity index (χ4v) is 2.51. The molecule has 1 fully saturated rings. The summed E-state index contributed by atoms with van der Waals surface area (Å²) in [6.07, 6.45) is 4.12. The second-order valence-corrected chi connectivity index (χ2v) is 5.17. The Labute approximate surface area is 118 Å². The molecule has 1 aliphatic rings. The smallest absolute Gasteiger partial charge is 0.135 e. The van der Waals surface area contributed by atoms with E-state index in [1.165, 1.54) is 6.42 Å². The maximum Gasteiger partial charge on any atom is 0.135 e. The molecule has 0 amide bonds. The number of hydrogen-bond acceptors (Lipinski definition) is 5. The number of aromatic nitrogens is 3. The average Bonchev–Trinajstić information content (AvgIpc) is 2.95. The average molecular weight is 269 g/mol. The molecule has 5 heteroatoms. The van der Waals surface area contributed by atoms with Crippen LogP contribution >= 0.6 is 0 Å². The Kier molecular flexibility index (Phi) is 3.60. The zero-order valence-corrected chi connectivity index (χ0v) is 11.8. The van der Waals surface area contributed by atoms with E-state index in [-0.39, 0.29) is 0 Å². The summed E-state index contributed by atoms with van der Waals surface area (Å²) in [5, 5.41) is 6.76. The standard InChI is InChI=1S/C15H19N5/c1-10-5-3-8-17-15(10)20-14-9-13(18-11(2)19-14)12-6-4-7-16-12/h3,5,8-9,12,16H,4,6-7H2,1-2H3,(H,17,18,19,20)/t12-/m1/s1. The van der Waals surface area contributed by atoms with Gasteiger partial charge in [0.2, 0.25) is 0 Å². The van der Waals surface area contributed by atoms with Crippen LogP contribution in [0.3, 0.4) is 0 Å². The first-order valence-corrected chi connectivity index (χ1v) is 7.00. The summed E-state index contributed by atoms with van der Waals surface area (Å²) in [4.78, 5) is 13.3. The lowest BCUT2D eigenvalue weighted by Crippen LogP contribution is -2.15. The molecule has 3 heterocycles. The quantitative estimate of drug-likeness (QED) is 0.897. The molecule has 104 valence electrons. The van der Waals surface area contributed by atoms with E-state index < -0.39 is 0 Å². The fraction of sp³-hybridized carbons (Fsp3) is 0.400. The predicted octanol–water partition coefficient (Wildman–Crippen LogP) is 2.66. The number of rotatable bonds is 3. The predicted molar refractivity (Wildman–Crippen MR) is 79.0 cm³/mol. The number of aryl methyl sites for hydroxylation is 2. The van der Waals surface area contributed by atoms with Crippen LogP contribution in [0.4, 0.5) is 11.6 Å². The molecule has 20 heavy (non-hydrogen) atoms. The van der Waals surface area contributed by atoms with Gasteiger partial charge in [-0.25, -0.2) is 15.0 Å². The minimum atomic E-state index is 0.349. The van der Waals surface area contributed by atoms with Gasteiger partial charge in [-0.1, -0.05) is 6.07 Å². The first-order chi connectivity index (χ1) is 9.72. The Bertz CT molecular complexity index is 605. The SMILES string of the molecule is Cc1nc(Nc2ncccc2C)cc([C@H]2CCCN2)n1. The van der Waals surface area contributed by atoms with E-state index in [2.05, 4.69) is 25.6 Å². The number of anilines is 2. The third-order valence-electron chi connectivity index (χ3n) is 3.53. The second kappa shape index (κ2) is 5.54. The number of nitrogens with one attached hydrogen (secondary N) is 2. The van der Waals surface area contributed by atoms with Gasteiger partial charge in [0, 0.05) is 18.3 Å². The van der Waals surface area contributed by atoms with E-state index in [0.717, 1.165) is 41.7 Å². The first kappa shape index (κ1) is 13.0. The van der Waals surface area contributed by atoms with Crippen LogP contribution in [-0.2, 0) is 0 Å². The summed E-state index contributed by atoms with van der Waals surface area (Å²) in [5.41, 5.74) is 2.16. The van der Waals surface area contributed by atoms with Crippen molar-refractivity contribution in [2.75, 3.05) is 11.9 Å². The largest absolute Gasteiger partial charge is 0.325 e. The Morgan fingerprint density at radius 1 is 1.30 bits per heavy atom. The highest BCUT2D eigenvalue weighted by molar-refractivity contribution is 5.55. The van der Waals surface area contributed by atoms with Gasteiger partial charge in [0.05, 0.1) is 5.69 Å². The molecule has 0 radical (unpaired) electrons. The van der Waals surface area contributed by atoms with Crippen LogP contribution in [0.2, 0.25) is 0 Å². The minimum Gasteiger partial charge on any atom is -0.325 e. The highest BCUT2D eigenvalue weighted by Crippen LogP contribution is 2.24. The van der Waals surface area contributed by atoms with E-state index in [4.69, 9.17) is 0 Å². The van der Waals surface area contributed by atoms with Gasteiger partial charge < -0.3 is 10.6 Å². The van der Waals surface area contributed by atoms with Crippen molar-refractivity contribution >= 4 is 11.6 Å². The Morgan fingerprint density at radius 3 is 2.95 bits per heavy atom. The molecular formula is C15H19N5. The molecule has 1 aliphatic heterocycles. The lowest BCUT2D eigenvalue weighted by atomic mass is 10.1. The third kappa shape index (κ3) is 2.77. The molecule has 2 aromatic rings. The Morgan fingerprint density at radius 2 is 2.20 bits per heavy atom. The highest BCUT2D eigenvalue weighted by atomic mass is 15.1. The van der Waals surface area contributed by atoms with Crippen LogP contribution in [0.5, 0.6) is 0 Å². The summed E-state index contributed by atoms with van der Waals surface area (Å²) in [6.45, 7) is 5.02. The van der Waals surface area contributed by atoms with Crippen molar-refractivity contribution in [3.05, 3.63) is 41.5 Å².